The molecule has 0 fully saturated rings. The van der Waals surface area contributed by atoms with Crippen molar-refractivity contribution in [2.45, 2.75) is 24.6 Å². The van der Waals surface area contributed by atoms with Gasteiger partial charge in [0.25, 0.3) is 0 Å². The highest BCUT2D eigenvalue weighted by molar-refractivity contribution is 7.99. The van der Waals surface area contributed by atoms with Crippen molar-refractivity contribution in [1.82, 2.24) is 5.32 Å². The Morgan fingerprint density at radius 3 is 2.29 bits per heavy atom. The van der Waals surface area contributed by atoms with Crippen molar-refractivity contribution < 1.29 is 4.79 Å². The SMILES string of the molecule is O=C(CSCc1ccccc1)NC1Cc2ccccc2C1. The normalized spacial score (nSPS) is 13.9. The quantitative estimate of drug-likeness (QED) is 0.918. The largest absolute Gasteiger partial charge is 0.352 e. The van der Waals surface area contributed by atoms with Crippen LogP contribution in [0.15, 0.2) is 54.6 Å². The summed E-state index contributed by atoms with van der Waals surface area (Å²) in [4.78, 5) is 12.0. The van der Waals surface area contributed by atoms with Crippen LogP contribution in [-0.4, -0.2) is 17.7 Å². The van der Waals surface area contributed by atoms with E-state index in [0.717, 1.165) is 18.6 Å². The fraction of sp³-hybridized carbons (Fsp3) is 0.278. The van der Waals surface area contributed by atoms with Gasteiger partial charge in [-0.3, -0.25) is 4.79 Å². The van der Waals surface area contributed by atoms with Crippen LogP contribution >= 0.6 is 11.8 Å². The molecular formula is C18H19NOS. The van der Waals surface area contributed by atoms with Crippen molar-refractivity contribution in [3.05, 3.63) is 71.3 Å². The Balaban J connectivity index is 1.42. The van der Waals surface area contributed by atoms with Crippen LogP contribution in [0.3, 0.4) is 0 Å². The van der Waals surface area contributed by atoms with E-state index in [1.54, 1.807) is 11.8 Å². The Labute approximate surface area is 130 Å². The first kappa shape index (κ1) is 14.2. The smallest absolute Gasteiger partial charge is 0.230 e. The zero-order chi connectivity index (χ0) is 14.5. The van der Waals surface area contributed by atoms with Crippen LogP contribution in [0.4, 0.5) is 0 Å². The van der Waals surface area contributed by atoms with Crippen LogP contribution in [-0.2, 0) is 23.4 Å². The number of nitrogens with one attached hydrogen (secondary N) is 1. The summed E-state index contributed by atoms with van der Waals surface area (Å²) in [7, 11) is 0. The number of carbonyl (C=O) groups excluding carboxylic acids is 1. The summed E-state index contributed by atoms with van der Waals surface area (Å²) in [6.07, 6.45) is 1.93. The molecule has 0 heterocycles. The molecule has 0 spiro atoms. The fourth-order valence-corrected chi connectivity index (χ4v) is 3.57. The molecule has 1 aliphatic carbocycles. The van der Waals surface area contributed by atoms with E-state index in [9.17, 15) is 4.79 Å². The number of carbonyl (C=O) groups is 1. The maximum absolute atomic E-state index is 12.0. The zero-order valence-electron chi connectivity index (χ0n) is 11.9. The first-order chi connectivity index (χ1) is 10.3. The Bertz CT molecular complexity index is 587. The van der Waals surface area contributed by atoms with E-state index in [1.807, 2.05) is 18.2 Å². The second kappa shape index (κ2) is 6.81. The van der Waals surface area contributed by atoms with E-state index in [2.05, 4.69) is 41.7 Å². The summed E-state index contributed by atoms with van der Waals surface area (Å²) in [5, 5.41) is 3.15. The van der Waals surface area contributed by atoms with E-state index < -0.39 is 0 Å². The number of hydrogen-bond acceptors (Lipinski definition) is 2. The van der Waals surface area contributed by atoms with Crippen LogP contribution in [0.25, 0.3) is 0 Å². The molecule has 0 radical (unpaired) electrons. The maximum Gasteiger partial charge on any atom is 0.230 e. The summed E-state index contributed by atoms with van der Waals surface area (Å²) in [5.74, 6) is 1.56. The number of amides is 1. The standard InChI is InChI=1S/C18H19NOS/c20-18(13-21-12-14-6-2-1-3-7-14)19-17-10-15-8-4-5-9-16(15)11-17/h1-9,17H,10-13H2,(H,19,20). The molecule has 2 aromatic rings. The predicted molar refractivity (Wildman–Crippen MR) is 88.4 cm³/mol. The van der Waals surface area contributed by atoms with Gasteiger partial charge < -0.3 is 5.32 Å². The summed E-state index contributed by atoms with van der Waals surface area (Å²) < 4.78 is 0. The van der Waals surface area contributed by atoms with Gasteiger partial charge in [-0.15, -0.1) is 11.8 Å². The van der Waals surface area contributed by atoms with E-state index >= 15 is 0 Å². The lowest BCUT2D eigenvalue weighted by molar-refractivity contribution is -0.119. The van der Waals surface area contributed by atoms with Crippen molar-refractivity contribution >= 4 is 17.7 Å². The predicted octanol–water partition coefficient (Wildman–Crippen LogP) is 3.20. The summed E-state index contributed by atoms with van der Waals surface area (Å²) in [5.41, 5.74) is 4.02. The lowest BCUT2D eigenvalue weighted by atomic mass is 10.1. The van der Waals surface area contributed by atoms with Crippen LogP contribution in [0.2, 0.25) is 0 Å². The number of benzene rings is 2. The minimum atomic E-state index is 0.147. The maximum atomic E-state index is 12.0. The van der Waals surface area contributed by atoms with Crippen molar-refractivity contribution in [2.24, 2.45) is 0 Å². The monoisotopic (exact) mass is 297 g/mol. The molecular weight excluding hydrogens is 278 g/mol. The minimum absolute atomic E-state index is 0.147. The first-order valence-electron chi connectivity index (χ1n) is 7.29. The molecule has 1 N–H and O–H groups in total. The van der Waals surface area contributed by atoms with Crippen LogP contribution in [0.5, 0.6) is 0 Å². The van der Waals surface area contributed by atoms with Crippen molar-refractivity contribution in [3.63, 3.8) is 0 Å². The van der Waals surface area contributed by atoms with Crippen LogP contribution in [0, 0.1) is 0 Å². The van der Waals surface area contributed by atoms with Crippen molar-refractivity contribution in [3.8, 4) is 0 Å². The third kappa shape index (κ3) is 3.88. The molecule has 0 saturated heterocycles. The highest BCUT2D eigenvalue weighted by Crippen LogP contribution is 2.21. The van der Waals surface area contributed by atoms with Gasteiger partial charge in [-0.25, -0.2) is 0 Å². The molecule has 0 aromatic heterocycles. The Morgan fingerprint density at radius 1 is 1.00 bits per heavy atom. The van der Waals surface area contributed by atoms with Gasteiger partial charge in [-0.1, -0.05) is 54.6 Å². The van der Waals surface area contributed by atoms with Gasteiger partial charge in [0.1, 0.15) is 0 Å². The number of fused-ring (bicyclic) bond motifs is 1. The second-order valence-corrected chi connectivity index (χ2v) is 6.41. The van der Waals surface area contributed by atoms with Gasteiger partial charge in [-0.2, -0.15) is 0 Å². The molecule has 0 aliphatic heterocycles. The van der Waals surface area contributed by atoms with Crippen molar-refractivity contribution in [1.29, 1.82) is 0 Å². The number of thioether (sulfide) groups is 1. The molecule has 2 aromatic carbocycles. The van der Waals surface area contributed by atoms with Gasteiger partial charge in [-0.05, 0) is 29.5 Å². The lowest BCUT2D eigenvalue weighted by Crippen LogP contribution is -2.36. The molecule has 21 heavy (non-hydrogen) atoms. The van der Waals surface area contributed by atoms with E-state index in [0.29, 0.717) is 5.75 Å². The summed E-state index contributed by atoms with van der Waals surface area (Å²) in [6, 6.07) is 19.0. The van der Waals surface area contributed by atoms with Crippen LogP contribution in [0.1, 0.15) is 16.7 Å². The molecule has 1 aliphatic rings. The molecule has 0 bridgehead atoms. The van der Waals surface area contributed by atoms with E-state index in [1.165, 1.54) is 16.7 Å². The molecule has 108 valence electrons. The molecule has 0 atom stereocenters. The Hall–Kier alpha value is -1.74. The summed E-state index contributed by atoms with van der Waals surface area (Å²) >= 11 is 1.67. The fourth-order valence-electron chi connectivity index (χ4n) is 2.77. The lowest BCUT2D eigenvalue weighted by Gasteiger charge is -2.11. The van der Waals surface area contributed by atoms with Gasteiger partial charge in [0.15, 0.2) is 0 Å². The third-order valence-corrected chi connectivity index (χ3v) is 4.76. The van der Waals surface area contributed by atoms with Crippen molar-refractivity contribution in [2.75, 3.05) is 5.75 Å². The summed E-state index contributed by atoms with van der Waals surface area (Å²) in [6.45, 7) is 0. The van der Waals surface area contributed by atoms with Gasteiger partial charge in [0.2, 0.25) is 5.91 Å². The molecule has 3 heteroatoms. The molecule has 3 rings (SSSR count). The Kier molecular flexibility index (Phi) is 4.61. The topological polar surface area (TPSA) is 29.1 Å². The molecule has 0 unspecified atom stereocenters. The molecule has 1 amide bonds. The average Bonchev–Trinajstić information content (AvgIpc) is 2.90. The second-order valence-electron chi connectivity index (χ2n) is 5.42. The zero-order valence-corrected chi connectivity index (χ0v) is 12.7. The number of rotatable bonds is 5. The van der Waals surface area contributed by atoms with Gasteiger partial charge in [0.05, 0.1) is 5.75 Å². The third-order valence-electron chi connectivity index (χ3n) is 3.76. The highest BCUT2D eigenvalue weighted by atomic mass is 32.2. The van der Waals surface area contributed by atoms with Gasteiger partial charge >= 0.3 is 0 Å². The Morgan fingerprint density at radius 2 is 1.62 bits per heavy atom. The van der Waals surface area contributed by atoms with Crippen LogP contribution < -0.4 is 5.32 Å². The van der Waals surface area contributed by atoms with E-state index in [-0.39, 0.29) is 11.9 Å². The number of hydrogen-bond donors (Lipinski definition) is 1. The molecule has 2 nitrogen and oxygen atoms in total. The average molecular weight is 297 g/mol. The molecule has 0 saturated carbocycles. The minimum Gasteiger partial charge on any atom is -0.352 e. The highest BCUT2D eigenvalue weighted by Gasteiger charge is 2.22. The van der Waals surface area contributed by atoms with E-state index in [4.69, 9.17) is 0 Å². The first-order valence-corrected chi connectivity index (χ1v) is 8.44. The van der Waals surface area contributed by atoms with Gasteiger partial charge in [0, 0.05) is 11.8 Å².